The summed E-state index contributed by atoms with van der Waals surface area (Å²) < 4.78 is 16.8. The third-order valence-corrected chi connectivity index (χ3v) is 5.38. The van der Waals surface area contributed by atoms with Crippen molar-refractivity contribution < 1.29 is 19.0 Å². The molecule has 0 bridgehead atoms. The fraction of sp³-hybridized carbons (Fsp3) is 0.222. The quantitative estimate of drug-likeness (QED) is 0.372. The fourth-order valence-electron chi connectivity index (χ4n) is 3.57. The third-order valence-electron chi connectivity index (χ3n) is 5.38. The molecule has 1 fully saturated rings. The van der Waals surface area contributed by atoms with Gasteiger partial charge in [0.2, 0.25) is 0 Å². The van der Waals surface area contributed by atoms with Crippen LogP contribution >= 0.6 is 0 Å². The zero-order valence-electron chi connectivity index (χ0n) is 18.2. The maximum atomic E-state index is 12.6. The van der Waals surface area contributed by atoms with Crippen LogP contribution in [0.3, 0.4) is 0 Å². The summed E-state index contributed by atoms with van der Waals surface area (Å²) in [5, 5.41) is 0. The van der Waals surface area contributed by atoms with E-state index >= 15 is 0 Å². The molecule has 1 aliphatic rings. The maximum absolute atomic E-state index is 12.6. The topological polar surface area (TPSA) is 48.0 Å². The molecule has 0 saturated carbocycles. The zero-order chi connectivity index (χ0) is 22.2. The number of methoxy groups -OCH3 is 1. The molecule has 0 N–H and O–H groups in total. The predicted octanol–water partition coefficient (Wildman–Crippen LogP) is 5.01. The van der Waals surface area contributed by atoms with Gasteiger partial charge >= 0.3 is 0 Å². The highest BCUT2D eigenvalue weighted by molar-refractivity contribution is 6.07. The number of allylic oxidation sites excluding steroid dienone is 1. The second kappa shape index (κ2) is 10.6. The van der Waals surface area contributed by atoms with Crippen LogP contribution in [0.1, 0.15) is 21.5 Å². The lowest BCUT2D eigenvalue weighted by Gasteiger charge is -2.28. The van der Waals surface area contributed by atoms with E-state index in [9.17, 15) is 4.79 Å². The Bertz CT molecular complexity index is 1050. The first-order valence-electron chi connectivity index (χ1n) is 10.7. The SMILES string of the molecule is COc1ccc(C=CC(=O)c2ccc(N3CCOCC3)cc2)cc1OCc1ccccc1. The number of carbonyl (C=O) groups is 1. The molecule has 1 aliphatic heterocycles. The summed E-state index contributed by atoms with van der Waals surface area (Å²) in [5.41, 5.74) is 3.72. The fourth-order valence-corrected chi connectivity index (χ4v) is 3.57. The molecule has 164 valence electrons. The molecular formula is C27H27NO4. The lowest BCUT2D eigenvalue weighted by molar-refractivity contribution is 0.104. The van der Waals surface area contributed by atoms with Crippen molar-refractivity contribution in [3.63, 3.8) is 0 Å². The molecule has 3 aromatic carbocycles. The smallest absolute Gasteiger partial charge is 0.185 e. The maximum Gasteiger partial charge on any atom is 0.185 e. The minimum atomic E-state index is -0.0406. The number of benzene rings is 3. The normalized spacial score (nSPS) is 13.8. The van der Waals surface area contributed by atoms with E-state index in [2.05, 4.69) is 4.90 Å². The summed E-state index contributed by atoms with van der Waals surface area (Å²) in [6, 6.07) is 23.3. The average Bonchev–Trinajstić information content (AvgIpc) is 2.87. The van der Waals surface area contributed by atoms with Crippen molar-refractivity contribution in [2.45, 2.75) is 6.61 Å². The van der Waals surface area contributed by atoms with Crippen molar-refractivity contribution >= 4 is 17.5 Å². The van der Waals surface area contributed by atoms with Gasteiger partial charge in [-0.05, 0) is 53.6 Å². The molecule has 1 heterocycles. The van der Waals surface area contributed by atoms with Crippen LogP contribution in [0, 0.1) is 0 Å². The highest BCUT2D eigenvalue weighted by Crippen LogP contribution is 2.29. The Morgan fingerprint density at radius 1 is 0.969 bits per heavy atom. The minimum absolute atomic E-state index is 0.0406. The number of carbonyl (C=O) groups excluding carboxylic acids is 1. The van der Waals surface area contributed by atoms with Crippen LogP contribution in [0.15, 0.2) is 78.9 Å². The van der Waals surface area contributed by atoms with E-state index < -0.39 is 0 Å². The van der Waals surface area contributed by atoms with E-state index in [1.54, 1.807) is 19.3 Å². The Morgan fingerprint density at radius 2 is 1.72 bits per heavy atom. The summed E-state index contributed by atoms with van der Waals surface area (Å²) in [7, 11) is 1.62. The van der Waals surface area contributed by atoms with Gasteiger partial charge in [-0.25, -0.2) is 0 Å². The lowest BCUT2D eigenvalue weighted by Crippen LogP contribution is -2.36. The molecule has 0 aliphatic carbocycles. The van der Waals surface area contributed by atoms with Gasteiger partial charge in [0, 0.05) is 24.3 Å². The van der Waals surface area contributed by atoms with Crippen LogP contribution in [0.25, 0.3) is 6.08 Å². The van der Waals surface area contributed by atoms with Crippen molar-refractivity contribution in [1.29, 1.82) is 0 Å². The van der Waals surface area contributed by atoms with Crippen molar-refractivity contribution in [2.75, 3.05) is 38.3 Å². The third kappa shape index (κ3) is 5.56. The van der Waals surface area contributed by atoms with Gasteiger partial charge in [0.25, 0.3) is 0 Å². The van der Waals surface area contributed by atoms with Gasteiger partial charge in [-0.15, -0.1) is 0 Å². The highest BCUT2D eigenvalue weighted by Gasteiger charge is 2.12. The number of morpholine rings is 1. The van der Waals surface area contributed by atoms with Crippen molar-refractivity contribution in [2.24, 2.45) is 0 Å². The van der Waals surface area contributed by atoms with Crippen LogP contribution in [0.2, 0.25) is 0 Å². The first kappa shape index (κ1) is 21.7. The van der Waals surface area contributed by atoms with Gasteiger partial charge in [-0.1, -0.05) is 42.5 Å². The molecule has 1 saturated heterocycles. The summed E-state index contributed by atoms with van der Waals surface area (Å²) in [6.45, 7) is 3.67. The Hall–Kier alpha value is -3.57. The first-order chi connectivity index (χ1) is 15.7. The number of ether oxygens (including phenoxy) is 3. The predicted molar refractivity (Wildman–Crippen MR) is 127 cm³/mol. The second-order valence-corrected chi connectivity index (χ2v) is 7.53. The molecule has 0 amide bonds. The van der Waals surface area contributed by atoms with E-state index in [0.717, 1.165) is 43.1 Å². The second-order valence-electron chi connectivity index (χ2n) is 7.53. The van der Waals surface area contributed by atoms with Crippen LogP contribution < -0.4 is 14.4 Å². The number of anilines is 1. The first-order valence-corrected chi connectivity index (χ1v) is 10.7. The number of nitrogens with zero attached hydrogens (tertiary/aromatic N) is 1. The van der Waals surface area contributed by atoms with Gasteiger partial charge in [-0.3, -0.25) is 4.79 Å². The molecule has 32 heavy (non-hydrogen) atoms. The van der Waals surface area contributed by atoms with E-state index in [0.29, 0.717) is 23.7 Å². The number of hydrogen-bond donors (Lipinski definition) is 0. The molecule has 0 aromatic heterocycles. The molecule has 3 aromatic rings. The Labute approximate surface area is 188 Å². The summed E-state index contributed by atoms with van der Waals surface area (Å²) in [5.74, 6) is 1.25. The highest BCUT2D eigenvalue weighted by atomic mass is 16.5. The average molecular weight is 430 g/mol. The Kier molecular flexibility index (Phi) is 7.20. The Morgan fingerprint density at radius 3 is 2.44 bits per heavy atom. The van der Waals surface area contributed by atoms with E-state index in [1.165, 1.54) is 0 Å². The standard InChI is InChI=1S/C27H27NO4/c1-30-26-14-8-21(19-27(26)32-20-22-5-3-2-4-6-22)7-13-25(29)23-9-11-24(12-10-23)28-15-17-31-18-16-28/h2-14,19H,15-18,20H2,1H3. The summed E-state index contributed by atoms with van der Waals surface area (Å²) >= 11 is 0. The summed E-state index contributed by atoms with van der Waals surface area (Å²) in [4.78, 5) is 14.9. The van der Waals surface area contributed by atoms with Crippen LogP contribution in [0.4, 0.5) is 5.69 Å². The zero-order valence-corrected chi connectivity index (χ0v) is 18.2. The van der Waals surface area contributed by atoms with Crippen LogP contribution in [0.5, 0.6) is 11.5 Å². The molecule has 0 unspecified atom stereocenters. The van der Waals surface area contributed by atoms with Crippen LogP contribution in [-0.4, -0.2) is 39.2 Å². The van der Waals surface area contributed by atoms with Crippen LogP contribution in [-0.2, 0) is 11.3 Å². The van der Waals surface area contributed by atoms with E-state index in [1.807, 2.05) is 72.8 Å². The number of ketones is 1. The number of rotatable bonds is 8. The molecule has 0 spiro atoms. The van der Waals surface area contributed by atoms with E-state index in [4.69, 9.17) is 14.2 Å². The Balaban J connectivity index is 1.42. The molecule has 4 rings (SSSR count). The largest absolute Gasteiger partial charge is 0.493 e. The monoisotopic (exact) mass is 429 g/mol. The molecule has 0 atom stereocenters. The number of hydrogen-bond acceptors (Lipinski definition) is 5. The summed E-state index contributed by atoms with van der Waals surface area (Å²) in [6.07, 6.45) is 3.39. The minimum Gasteiger partial charge on any atom is -0.493 e. The van der Waals surface area contributed by atoms with Gasteiger partial charge in [-0.2, -0.15) is 0 Å². The molecule has 5 heteroatoms. The van der Waals surface area contributed by atoms with Gasteiger partial charge in [0.15, 0.2) is 17.3 Å². The van der Waals surface area contributed by atoms with E-state index in [-0.39, 0.29) is 5.78 Å². The van der Waals surface area contributed by atoms with Gasteiger partial charge in [0.1, 0.15) is 6.61 Å². The van der Waals surface area contributed by atoms with Gasteiger partial charge in [0.05, 0.1) is 20.3 Å². The van der Waals surface area contributed by atoms with Crippen molar-refractivity contribution in [3.8, 4) is 11.5 Å². The van der Waals surface area contributed by atoms with Crippen molar-refractivity contribution in [3.05, 3.63) is 95.6 Å². The lowest BCUT2D eigenvalue weighted by atomic mass is 10.1. The van der Waals surface area contributed by atoms with Crippen molar-refractivity contribution in [1.82, 2.24) is 0 Å². The molecular weight excluding hydrogens is 402 g/mol. The molecule has 0 radical (unpaired) electrons. The molecule has 5 nitrogen and oxygen atoms in total. The van der Waals surface area contributed by atoms with Gasteiger partial charge < -0.3 is 19.1 Å².